The number of aliphatic hydroxyl groups excluding tert-OH is 1. The Hall–Kier alpha value is -5.64. The maximum Gasteiger partial charge on any atom is 0.253 e. The number of likely N-dealkylation sites (tertiary alicyclic amines) is 1. The third kappa shape index (κ3) is 10.9. The Morgan fingerprint density at radius 3 is 2.24 bits per heavy atom. The highest BCUT2D eigenvalue weighted by molar-refractivity contribution is 7.13. The first-order valence-corrected chi connectivity index (χ1v) is 25.7. The van der Waals surface area contributed by atoms with Crippen LogP contribution in [0.5, 0.6) is 5.75 Å². The van der Waals surface area contributed by atoms with Gasteiger partial charge in [-0.05, 0) is 54.7 Å². The van der Waals surface area contributed by atoms with Gasteiger partial charge >= 0.3 is 0 Å². The van der Waals surface area contributed by atoms with Crippen molar-refractivity contribution in [3.05, 3.63) is 93.7 Å². The Bertz CT molecular complexity index is 2630. The van der Waals surface area contributed by atoms with Gasteiger partial charge in [-0.25, -0.2) is 9.97 Å². The fourth-order valence-electron chi connectivity index (χ4n) is 11.1. The summed E-state index contributed by atoms with van der Waals surface area (Å²) in [6.07, 6.45) is 0.662. The maximum atomic E-state index is 14.3. The van der Waals surface area contributed by atoms with Crippen LogP contribution in [0.1, 0.15) is 95.0 Å². The van der Waals surface area contributed by atoms with Crippen LogP contribution < -0.4 is 25.6 Å². The Labute approximate surface area is 426 Å². The van der Waals surface area contributed by atoms with Gasteiger partial charge < -0.3 is 35.6 Å². The summed E-state index contributed by atoms with van der Waals surface area (Å²) in [7, 11) is 0. The molecule has 3 aliphatic heterocycles. The van der Waals surface area contributed by atoms with Gasteiger partial charge in [0.05, 0.1) is 50.9 Å². The number of pyridine rings is 1. The minimum absolute atomic E-state index is 0.00562. The molecule has 4 fully saturated rings. The van der Waals surface area contributed by atoms with Crippen molar-refractivity contribution in [3.63, 3.8) is 0 Å². The van der Waals surface area contributed by atoms with E-state index < -0.39 is 34.4 Å². The molecule has 0 spiro atoms. The molecule has 5 heterocycles. The molecule has 0 unspecified atom stereocenters. The van der Waals surface area contributed by atoms with Crippen molar-refractivity contribution in [1.29, 1.82) is 5.26 Å². The Morgan fingerprint density at radius 1 is 0.958 bits per heavy atom. The molecule has 1 aliphatic carbocycles. The van der Waals surface area contributed by atoms with Gasteiger partial charge in [0, 0.05) is 87.4 Å². The molecular formula is C53H67ClN10O6S. The van der Waals surface area contributed by atoms with E-state index in [0.29, 0.717) is 41.0 Å². The smallest absolute Gasteiger partial charge is 0.253 e. The lowest BCUT2D eigenvalue weighted by atomic mass is 9.49. The molecule has 4 atom stereocenters. The van der Waals surface area contributed by atoms with Gasteiger partial charge in [0.15, 0.2) is 0 Å². The molecule has 2 aromatic carbocycles. The van der Waals surface area contributed by atoms with Gasteiger partial charge in [-0.3, -0.25) is 29.0 Å². The number of aromatic nitrogens is 2. The number of carbonyl (C=O) groups is 4. The topological polar surface area (TPSA) is 196 Å². The van der Waals surface area contributed by atoms with Crippen LogP contribution in [0.2, 0.25) is 5.02 Å². The SMILES string of the molecule is Cc1ncsc1-c1ccc([C@H](C)NC(=O)[C@@H]2C[C@@H](O)CN2C(=O)[C@@H](NC(=O)CN2CCN(C3CN(c4ccc(C(=O)NC5C(C)(C)C(Oc6ccc(C#N)c(Cl)c6)C5(C)C)cn4)C3)CC2)C(C)(C)C)cc1. The minimum atomic E-state index is -0.909. The normalized spacial score (nSPS) is 23.1. The van der Waals surface area contributed by atoms with E-state index in [1.54, 1.807) is 35.7 Å². The average molecular weight is 1010 g/mol. The fraction of sp³-hybridized carbons (Fsp3) is 0.528. The number of ether oxygens (including phenoxy) is 1. The summed E-state index contributed by atoms with van der Waals surface area (Å²) in [5.41, 5.74) is 4.17. The summed E-state index contributed by atoms with van der Waals surface area (Å²) in [5, 5.41) is 29.6. The van der Waals surface area contributed by atoms with Crippen molar-refractivity contribution in [2.75, 3.05) is 57.3 Å². The summed E-state index contributed by atoms with van der Waals surface area (Å²) < 4.78 is 6.38. The van der Waals surface area contributed by atoms with Crippen LogP contribution in [0, 0.1) is 34.5 Å². The van der Waals surface area contributed by atoms with Crippen LogP contribution in [-0.2, 0) is 14.4 Å². The third-order valence-electron chi connectivity index (χ3n) is 15.0. The zero-order valence-electron chi connectivity index (χ0n) is 42.2. The lowest BCUT2D eigenvalue weighted by molar-refractivity contribution is -0.164. The van der Waals surface area contributed by atoms with E-state index in [1.165, 1.54) is 4.90 Å². The summed E-state index contributed by atoms with van der Waals surface area (Å²) in [6, 6.07) is 16.8. The monoisotopic (exact) mass is 1010 g/mol. The molecule has 4 N–H and O–H groups in total. The number of β-amino-alcohol motifs (C(OH)–C–C–N with tert-alkyl or cyclic N) is 1. The van der Waals surface area contributed by atoms with Gasteiger partial charge in [-0.2, -0.15) is 5.26 Å². The molecule has 18 heteroatoms. The van der Waals surface area contributed by atoms with Crippen LogP contribution in [0.4, 0.5) is 5.82 Å². The number of hydrogen-bond donors (Lipinski definition) is 4. The third-order valence-corrected chi connectivity index (χ3v) is 16.3. The molecule has 0 bridgehead atoms. The molecule has 4 amide bonds. The molecule has 8 rings (SSSR count). The van der Waals surface area contributed by atoms with Crippen LogP contribution in [0.15, 0.2) is 66.3 Å². The van der Waals surface area contributed by atoms with Crippen LogP contribution in [0.25, 0.3) is 10.4 Å². The van der Waals surface area contributed by atoms with Crippen molar-refractivity contribution in [2.24, 2.45) is 16.2 Å². The molecule has 4 aliphatic rings. The number of nitriles is 1. The van der Waals surface area contributed by atoms with E-state index in [1.807, 2.05) is 76.5 Å². The predicted molar refractivity (Wildman–Crippen MR) is 274 cm³/mol. The largest absolute Gasteiger partial charge is 0.489 e. The average Bonchev–Trinajstić information content (AvgIpc) is 3.93. The maximum absolute atomic E-state index is 14.3. The summed E-state index contributed by atoms with van der Waals surface area (Å²) in [5.74, 6) is 0.188. The lowest BCUT2D eigenvalue weighted by Crippen LogP contribution is -2.74. The number of rotatable bonds is 14. The van der Waals surface area contributed by atoms with E-state index >= 15 is 0 Å². The minimum Gasteiger partial charge on any atom is -0.489 e. The number of halogens is 1. The van der Waals surface area contributed by atoms with Crippen molar-refractivity contribution in [1.82, 2.24) is 40.6 Å². The highest BCUT2D eigenvalue weighted by atomic mass is 35.5. The Balaban J connectivity index is 0.776. The highest BCUT2D eigenvalue weighted by Crippen LogP contribution is 2.55. The van der Waals surface area contributed by atoms with Crippen LogP contribution >= 0.6 is 22.9 Å². The van der Waals surface area contributed by atoms with E-state index in [0.717, 1.165) is 53.7 Å². The molecule has 2 aromatic heterocycles. The van der Waals surface area contributed by atoms with Crippen molar-refractivity contribution >= 4 is 52.4 Å². The van der Waals surface area contributed by atoms with Crippen molar-refractivity contribution in [3.8, 4) is 22.3 Å². The zero-order chi connectivity index (χ0) is 51.2. The van der Waals surface area contributed by atoms with Crippen molar-refractivity contribution in [2.45, 2.75) is 111 Å². The highest BCUT2D eigenvalue weighted by Gasteiger charge is 2.64. The van der Waals surface area contributed by atoms with E-state index in [9.17, 15) is 29.5 Å². The van der Waals surface area contributed by atoms with Gasteiger partial charge in [0.2, 0.25) is 17.7 Å². The van der Waals surface area contributed by atoms with Gasteiger partial charge in [0.1, 0.15) is 35.8 Å². The second-order valence-electron chi connectivity index (χ2n) is 22.0. The molecular weight excluding hydrogens is 940 g/mol. The zero-order valence-corrected chi connectivity index (χ0v) is 43.7. The van der Waals surface area contributed by atoms with Crippen LogP contribution in [0.3, 0.4) is 0 Å². The number of benzene rings is 2. The standard InChI is InChI=1S/C53H67ClN10O6S/c1-31(33-10-12-34(13-11-33)44-32(2)57-30-71-44)58-47(68)41-22-38(65)28-64(41)48(69)45(51(3,4)5)59-43(66)29-61-18-20-62(21-19-61)37-26-63(27-37)42-17-15-36(25-56-42)46(67)60-49-52(6,7)50(53(49,8)9)70-39-16-14-35(24-55)40(54)23-39/h10-17,23,25,30-31,37-38,41,45,49-50,65H,18-22,26-29H2,1-9H3,(H,58,68)(H,59,66)(H,60,67)/t31-,38+,41-,45+,49?,50?/m0/s1. The number of anilines is 1. The van der Waals surface area contributed by atoms with E-state index in [4.69, 9.17) is 16.3 Å². The van der Waals surface area contributed by atoms with Crippen LogP contribution in [-0.4, -0.2) is 142 Å². The number of nitrogens with one attached hydrogen (secondary N) is 3. The predicted octanol–water partition coefficient (Wildman–Crippen LogP) is 5.83. The van der Waals surface area contributed by atoms with E-state index in [2.05, 4.69) is 74.4 Å². The number of nitrogens with zero attached hydrogens (tertiary/aromatic N) is 7. The number of thiazole rings is 1. The molecule has 378 valence electrons. The number of piperazine rings is 1. The van der Waals surface area contributed by atoms with Gasteiger partial charge in [-0.1, -0.05) is 84.3 Å². The number of hydrogen-bond acceptors (Lipinski definition) is 13. The molecule has 71 heavy (non-hydrogen) atoms. The summed E-state index contributed by atoms with van der Waals surface area (Å²) in [6.45, 7) is 22.5. The molecule has 4 aromatic rings. The number of aryl methyl sites for hydroxylation is 1. The molecule has 0 radical (unpaired) electrons. The fourth-order valence-corrected chi connectivity index (χ4v) is 12.1. The lowest BCUT2D eigenvalue weighted by Gasteiger charge is -2.63. The first kappa shape index (κ1) is 51.7. The van der Waals surface area contributed by atoms with E-state index in [-0.39, 0.29) is 61.3 Å². The second kappa shape index (κ2) is 20.5. The number of amides is 4. The number of carbonyl (C=O) groups excluding carboxylic acids is 4. The summed E-state index contributed by atoms with van der Waals surface area (Å²) in [4.78, 5) is 73.5. The molecule has 16 nitrogen and oxygen atoms in total. The second-order valence-corrected chi connectivity index (χ2v) is 23.2. The van der Waals surface area contributed by atoms with Gasteiger partial charge in [-0.15, -0.1) is 11.3 Å². The summed E-state index contributed by atoms with van der Waals surface area (Å²) >= 11 is 7.84. The molecule has 1 saturated carbocycles. The Morgan fingerprint density at radius 2 is 1.65 bits per heavy atom. The van der Waals surface area contributed by atoms with Crippen molar-refractivity contribution < 1.29 is 29.0 Å². The Kier molecular flexibility index (Phi) is 14.9. The molecule has 3 saturated heterocycles. The quantitative estimate of drug-likeness (QED) is 0.118. The van der Waals surface area contributed by atoms with Gasteiger partial charge in [0.25, 0.3) is 5.91 Å². The first-order valence-electron chi connectivity index (χ1n) is 24.5. The first-order chi connectivity index (χ1) is 33.5. The number of aliphatic hydroxyl groups is 1.